The number of carbonyl (C=O) groups is 2. The molecule has 0 aliphatic heterocycles. The van der Waals surface area contributed by atoms with E-state index in [0.29, 0.717) is 6.42 Å². The number of hydrogen-bond acceptors (Lipinski definition) is 2. The van der Waals surface area contributed by atoms with E-state index < -0.39 is 12.0 Å². The Hall–Kier alpha value is -1.06. The second-order valence-corrected chi connectivity index (χ2v) is 4.37. The van der Waals surface area contributed by atoms with E-state index in [1.54, 1.807) is 0 Å². The molecule has 0 unspecified atom stereocenters. The molecule has 0 aromatic carbocycles. The van der Waals surface area contributed by atoms with Gasteiger partial charge < -0.3 is 10.4 Å². The van der Waals surface area contributed by atoms with Crippen molar-refractivity contribution >= 4 is 11.9 Å². The van der Waals surface area contributed by atoms with E-state index in [2.05, 4.69) is 5.32 Å². The van der Waals surface area contributed by atoms with Crippen LogP contribution in [-0.2, 0) is 9.59 Å². The summed E-state index contributed by atoms with van der Waals surface area (Å²) in [6.07, 6.45) is 1.11. The molecule has 2 N–H and O–H groups in total. The van der Waals surface area contributed by atoms with Crippen molar-refractivity contribution in [3.05, 3.63) is 0 Å². The van der Waals surface area contributed by atoms with Crippen LogP contribution in [0, 0.1) is 11.8 Å². The molecule has 88 valence electrons. The number of rotatable bonds is 6. The normalized spacial score (nSPS) is 14.7. The van der Waals surface area contributed by atoms with Crippen molar-refractivity contribution < 1.29 is 14.7 Å². The fraction of sp³-hybridized carbons (Fsp3) is 0.818. The summed E-state index contributed by atoms with van der Waals surface area (Å²) in [5.74, 6) is -0.936. The standard InChI is InChI=1S/C11H21NO3/c1-5-8(4)10(11(14)15)12-9(13)6-7(2)3/h7-8,10H,5-6H2,1-4H3,(H,12,13)(H,14,15)/t8-,10-/m1/s1. The van der Waals surface area contributed by atoms with Crippen molar-refractivity contribution in [1.29, 1.82) is 0 Å². The summed E-state index contributed by atoms with van der Waals surface area (Å²) in [5, 5.41) is 11.5. The molecule has 0 bridgehead atoms. The highest BCUT2D eigenvalue weighted by molar-refractivity contribution is 5.83. The fourth-order valence-corrected chi connectivity index (χ4v) is 1.29. The smallest absolute Gasteiger partial charge is 0.326 e. The number of carboxylic acids is 1. The highest BCUT2D eigenvalue weighted by Gasteiger charge is 2.25. The number of aliphatic carboxylic acids is 1. The quantitative estimate of drug-likeness (QED) is 0.708. The molecule has 4 heteroatoms. The van der Waals surface area contributed by atoms with Crippen LogP contribution in [-0.4, -0.2) is 23.0 Å². The van der Waals surface area contributed by atoms with Crippen molar-refractivity contribution in [2.24, 2.45) is 11.8 Å². The van der Waals surface area contributed by atoms with Gasteiger partial charge in [-0.05, 0) is 11.8 Å². The van der Waals surface area contributed by atoms with Gasteiger partial charge in [0, 0.05) is 6.42 Å². The summed E-state index contributed by atoms with van der Waals surface area (Å²) in [6, 6.07) is -0.763. The summed E-state index contributed by atoms with van der Waals surface area (Å²) in [6.45, 7) is 7.60. The van der Waals surface area contributed by atoms with Crippen LogP contribution in [0.15, 0.2) is 0 Å². The molecule has 0 aliphatic rings. The number of carboxylic acid groups (broad SMARTS) is 1. The summed E-state index contributed by atoms with van der Waals surface area (Å²) >= 11 is 0. The Labute approximate surface area is 91.1 Å². The van der Waals surface area contributed by atoms with Gasteiger partial charge in [-0.3, -0.25) is 4.79 Å². The minimum Gasteiger partial charge on any atom is -0.480 e. The van der Waals surface area contributed by atoms with Gasteiger partial charge in [0.2, 0.25) is 5.91 Å². The van der Waals surface area contributed by atoms with Gasteiger partial charge in [0.05, 0.1) is 0 Å². The van der Waals surface area contributed by atoms with Crippen LogP contribution >= 0.6 is 0 Å². The van der Waals surface area contributed by atoms with E-state index in [1.165, 1.54) is 0 Å². The Kier molecular flexibility index (Phi) is 5.97. The van der Waals surface area contributed by atoms with E-state index in [0.717, 1.165) is 6.42 Å². The molecule has 0 heterocycles. The van der Waals surface area contributed by atoms with Crippen LogP contribution in [0.4, 0.5) is 0 Å². The SMILES string of the molecule is CC[C@@H](C)[C@@H](NC(=O)CC(C)C)C(=O)O. The lowest BCUT2D eigenvalue weighted by atomic mass is 9.99. The lowest BCUT2D eigenvalue weighted by Crippen LogP contribution is -2.45. The summed E-state index contributed by atoms with van der Waals surface area (Å²) in [4.78, 5) is 22.3. The lowest BCUT2D eigenvalue weighted by Gasteiger charge is -2.20. The monoisotopic (exact) mass is 215 g/mol. The van der Waals surface area contributed by atoms with Gasteiger partial charge in [-0.25, -0.2) is 4.79 Å². The number of amides is 1. The second-order valence-electron chi connectivity index (χ2n) is 4.37. The zero-order valence-electron chi connectivity index (χ0n) is 9.91. The second kappa shape index (κ2) is 6.43. The number of nitrogens with one attached hydrogen (secondary N) is 1. The molecule has 0 aromatic rings. The van der Waals surface area contributed by atoms with Crippen molar-refractivity contribution in [2.75, 3.05) is 0 Å². The lowest BCUT2D eigenvalue weighted by molar-refractivity contribution is -0.143. The minimum absolute atomic E-state index is 0.0430. The van der Waals surface area contributed by atoms with Gasteiger partial charge in [0.15, 0.2) is 0 Å². The molecule has 0 aromatic heterocycles. The first kappa shape index (κ1) is 13.9. The Morgan fingerprint density at radius 1 is 1.27 bits per heavy atom. The first-order valence-electron chi connectivity index (χ1n) is 5.40. The Morgan fingerprint density at radius 2 is 1.80 bits per heavy atom. The molecule has 0 saturated heterocycles. The number of carbonyl (C=O) groups excluding carboxylic acids is 1. The van der Waals surface area contributed by atoms with E-state index in [4.69, 9.17) is 5.11 Å². The summed E-state index contributed by atoms with van der Waals surface area (Å²) in [7, 11) is 0. The van der Waals surface area contributed by atoms with Gasteiger partial charge in [0.1, 0.15) is 6.04 Å². The Balaban J connectivity index is 4.29. The molecule has 0 aliphatic carbocycles. The Morgan fingerprint density at radius 3 is 2.13 bits per heavy atom. The van der Waals surface area contributed by atoms with Gasteiger partial charge >= 0.3 is 5.97 Å². The molecule has 15 heavy (non-hydrogen) atoms. The first-order chi connectivity index (χ1) is 6.88. The van der Waals surface area contributed by atoms with Crippen LogP contribution in [0.5, 0.6) is 0 Å². The number of hydrogen-bond donors (Lipinski definition) is 2. The third-order valence-corrected chi connectivity index (χ3v) is 2.39. The molecule has 0 radical (unpaired) electrons. The van der Waals surface area contributed by atoms with E-state index in [1.807, 2.05) is 27.7 Å². The van der Waals surface area contributed by atoms with Crippen molar-refractivity contribution in [3.8, 4) is 0 Å². The average Bonchev–Trinajstić information content (AvgIpc) is 2.11. The zero-order valence-corrected chi connectivity index (χ0v) is 9.91. The highest BCUT2D eigenvalue weighted by atomic mass is 16.4. The van der Waals surface area contributed by atoms with Gasteiger partial charge in [-0.2, -0.15) is 0 Å². The van der Waals surface area contributed by atoms with Crippen LogP contribution in [0.25, 0.3) is 0 Å². The topological polar surface area (TPSA) is 66.4 Å². The van der Waals surface area contributed by atoms with Crippen LogP contribution in [0.1, 0.15) is 40.5 Å². The predicted octanol–water partition coefficient (Wildman–Crippen LogP) is 1.65. The first-order valence-corrected chi connectivity index (χ1v) is 5.40. The van der Waals surface area contributed by atoms with Crippen LogP contribution in [0.2, 0.25) is 0 Å². The third kappa shape index (κ3) is 5.40. The third-order valence-electron chi connectivity index (χ3n) is 2.39. The molecule has 0 saturated carbocycles. The highest BCUT2D eigenvalue weighted by Crippen LogP contribution is 2.09. The van der Waals surface area contributed by atoms with E-state index >= 15 is 0 Å². The molecule has 0 spiro atoms. The molecule has 0 rings (SSSR count). The molecule has 4 nitrogen and oxygen atoms in total. The molecule has 2 atom stereocenters. The fourth-order valence-electron chi connectivity index (χ4n) is 1.29. The maximum absolute atomic E-state index is 11.4. The van der Waals surface area contributed by atoms with Gasteiger partial charge in [-0.15, -0.1) is 0 Å². The molecule has 0 fully saturated rings. The summed E-state index contributed by atoms with van der Waals surface area (Å²) < 4.78 is 0. The van der Waals surface area contributed by atoms with Crippen molar-refractivity contribution in [3.63, 3.8) is 0 Å². The van der Waals surface area contributed by atoms with E-state index in [-0.39, 0.29) is 17.7 Å². The maximum atomic E-state index is 11.4. The zero-order chi connectivity index (χ0) is 12.0. The minimum atomic E-state index is -0.957. The molecular weight excluding hydrogens is 194 g/mol. The average molecular weight is 215 g/mol. The maximum Gasteiger partial charge on any atom is 0.326 e. The van der Waals surface area contributed by atoms with Crippen LogP contribution in [0.3, 0.4) is 0 Å². The summed E-state index contributed by atoms with van der Waals surface area (Å²) in [5.41, 5.74) is 0. The Bertz CT molecular complexity index is 226. The van der Waals surface area contributed by atoms with Crippen molar-refractivity contribution in [2.45, 2.75) is 46.6 Å². The van der Waals surface area contributed by atoms with Gasteiger partial charge in [-0.1, -0.05) is 34.1 Å². The largest absolute Gasteiger partial charge is 0.480 e. The van der Waals surface area contributed by atoms with Crippen molar-refractivity contribution in [1.82, 2.24) is 5.32 Å². The van der Waals surface area contributed by atoms with E-state index in [9.17, 15) is 9.59 Å². The molecule has 1 amide bonds. The molecular formula is C11H21NO3. The van der Waals surface area contributed by atoms with Crippen LogP contribution < -0.4 is 5.32 Å². The van der Waals surface area contributed by atoms with Gasteiger partial charge in [0.25, 0.3) is 0 Å². The predicted molar refractivity (Wildman–Crippen MR) is 58.5 cm³/mol.